The molecule has 0 heterocycles. The minimum atomic E-state index is -0.776. The van der Waals surface area contributed by atoms with Gasteiger partial charge in [-0.25, -0.2) is 0 Å². The number of hydrogen-bond acceptors (Lipinski definition) is 0. The molecular formula is C27H24Cl2P2. The van der Waals surface area contributed by atoms with Gasteiger partial charge in [-0.1, -0.05) is 121 Å². The first-order chi connectivity index (χ1) is 15.2. The van der Waals surface area contributed by atoms with Gasteiger partial charge in [-0.15, -0.1) is 23.2 Å². The average Bonchev–Trinajstić information content (AvgIpc) is 2.85. The highest BCUT2D eigenvalue weighted by Crippen LogP contribution is 2.48. The van der Waals surface area contributed by atoms with Crippen LogP contribution in [0.25, 0.3) is 0 Å². The van der Waals surface area contributed by atoms with Gasteiger partial charge >= 0.3 is 0 Å². The normalized spacial score (nSPS) is 13.3. The average molecular weight is 481 g/mol. The molecule has 0 amide bonds. The van der Waals surface area contributed by atoms with Crippen LogP contribution in [0.1, 0.15) is 0 Å². The SMILES string of the molecule is ClC(CP(c1ccccc1)c1ccccc1)C(Cl)P(c1ccccc1)c1ccccc1. The molecule has 0 radical (unpaired) electrons. The van der Waals surface area contributed by atoms with E-state index in [-0.39, 0.29) is 10.5 Å². The number of hydrogen-bond donors (Lipinski definition) is 0. The smallest absolute Gasteiger partial charge is 0.0782 e. The van der Waals surface area contributed by atoms with Gasteiger partial charge in [-0.05, 0) is 43.2 Å². The Morgan fingerprint density at radius 2 is 0.806 bits per heavy atom. The molecule has 0 N–H and O–H groups in total. The molecule has 4 aromatic carbocycles. The Kier molecular flexibility index (Phi) is 8.18. The summed E-state index contributed by atoms with van der Waals surface area (Å²) < 4.78 is 0. The van der Waals surface area contributed by atoms with Crippen LogP contribution < -0.4 is 21.2 Å². The first-order valence-electron chi connectivity index (χ1n) is 10.3. The van der Waals surface area contributed by atoms with Crippen molar-refractivity contribution in [2.45, 2.75) is 10.5 Å². The van der Waals surface area contributed by atoms with E-state index in [0.717, 1.165) is 6.16 Å². The fourth-order valence-electron chi connectivity index (χ4n) is 3.61. The molecule has 156 valence electrons. The molecule has 0 aromatic heterocycles. The Morgan fingerprint density at radius 3 is 1.16 bits per heavy atom. The Balaban J connectivity index is 1.65. The molecule has 2 unspecified atom stereocenters. The van der Waals surface area contributed by atoms with Gasteiger partial charge in [0.15, 0.2) is 0 Å². The third-order valence-electron chi connectivity index (χ3n) is 5.11. The molecule has 31 heavy (non-hydrogen) atoms. The zero-order valence-electron chi connectivity index (χ0n) is 17.1. The van der Waals surface area contributed by atoms with Crippen molar-refractivity contribution in [3.63, 3.8) is 0 Å². The zero-order valence-corrected chi connectivity index (χ0v) is 20.4. The molecule has 0 nitrogen and oxygen atoms in total. The van der Waals surface area contributed by atoms with Crippen molar-refractivity contribution in [1.29, 1.82) is 0 Å². The van der Waals surface area contributed by atoms with Crippen LogP contribution in [0.3, 0.4) is 0 Å². The summed E-state index contributed by atoms with van der Waals surface area (Å²) in [6, 6.07) is 42.5. The van der Waals surface area contributed by atoms with Crippen molar-refractivity contribution >= 4 is 60.3 Å². The molecule has 4 heteroatoms. The molecule has 0 saturated heterocycles. The Hall–Kier alpha value is -1.68. The monoisotopic (exact) mass is 480 g/mol. The van der Waals surface area contributed by atoms with Gasteiger partial charge in [0.2, 0.25) is 0 Å². The van der Waals surface area contributed by atoms with E-state index in [0.29, 0.717) is 0 Å². The molecule has 0 spiro atoms. The van der Waals surface area contributed by atoms with Crippen molar-refractivity contribution < 1.29 is 0 Å². The molecule has 0 aliphatic rings. The largest absolute Gasteiger partial charge is 0.121 e. The van der Waals surface area contributed by atoms with Crippen molar-refractivity contribution in [3.8, 4) is 0 Å². The van der Waals surface area contributed by atoms with Gasteiger partial charge < -0.3 is 0 Å². The maximum absolute atomic E-state index is 7.19. The van der Waals surface area contributed by atoms with E-state index in [9.17, 15) is 0 Å². The second-order valence-electron chi connectivity index (χ2n) is 7.21. The minimum Gasteiger partial charge on any atom is -0.121 e. The first-order valence-corrected chi connectivity index (χ1v) is 14.1. The van der Waals surface area contributed by atoms with Crippen molar-refractivity contribution in [3.05, 3.63) is 121 Å². The van der Waals surface area contributed by atoms with Crippen LogP contribution in [0.4, 0.5) is 0 Å². The summed E-state index contributed by atoms with van der Waals surface area (Å²) in [6.45, 7) is 0. The maximum Gasteiger partial charge on any atom is 0.0782 e. The van der Waals surface area contributed by atoms with E-state index in [1.54, 1.807) is 0 Å². The summed E-state index contributed by atoms with van der Waals surface area (Å²) in [6.07, 6.45) is 0.845. The molecule has 0 saturated carbocycles. The lowest BCUT2D eigenvalue weighted by molar-refractivity contribution is 1.06. The predicted octanol–water partition coefficient (Wildman–Crippen LogP) is 6.42. The van der Waals surface area contributed by atoms with Crippen molar-refractivity contribution in [2.24, 2.45) is 0 Å². The highest BCUT2D eigenvalue weighted by molar-refractivity contribution is 7.75. The highest BCUT2D eigenvalue weighted by atomic mass is 35.5. The van der Waals surface area contributed by atoms with E-state index in [1.165, 1.54) is 21.2 Å². The third-order valence-corrected chi connectivity index (χ3v) is 12.1. The van der Waals surface area contributed by atoms with Crippen LogP contribution >= 0.6 is 39.0 Å². The minimum absolute atomic E-state index is 0.153. The number of alkyl halides is 2. The highest BCUT2D eigenvalue weighted by Gasteiger charge is 2.31. The van der Waals surface area contributed by atoms with Gasteiger partial charge in [-0.3, -0.25) is 0 Å². The van der Waals surface area contributed by atoms with Gasteiger partial charge in [0.1, 0.15) is 0 Å². The van der Waals surface area contributed by atoms with Crippen LogP contribution in [-0.4, -0.2) is 16.7 Å². The lowest BCUT2D eigenvalue weighted by Gasteiger charge is -2.30. The van der Waals surface area contributed by atoms with E-state index < -0.39 is 15.8 Å². The number of rotatable bonds is 8. The van der Waals surface area contributed by atoms with Crippen molar-refractivity contribution in [2.75, 3.05) is 6.16 Å². The topological polar surface area (TPSA) is 0 Å². The Morgan fingerprint density at radius 1 is 0.484 bits per heavy atom. The zero-order chi connectivity index (χ0) is 21.5. The van der Waals surface area contributed by atoms with Gasteiger partial charge in [0.05, 0.1) is 10.5 Å². The molecule has 4 rings (SSSR count). The summed E-state index contributed by atoms with van der Waals surface area (Å²) >= 11 is 14.3. The molecule has 0 aliphatic carbocycles. The molecule has 4 aromatic rings. The summed E-state index contributed by atoms with van der Waals surface area (Å²) in [5.74, 6) is 0. The lowest BCUT2D eigenvalue weighted by atomic mass is 10.4. The third kappa shape index (κ3) is 5.77. The fraction of sp³-hybridized carbons (Fsp3) is 0.111. The van der Waals surface area contributed by atoms with Gasteiger partial charge in [0.25, 0.3) is 0 Å². The van der Waals surface area contributed by atoms with Crippen molar-refractivity contribution in [1.82, 2.24) is 0 Å². The molecule has 0 fully saturated rings. The number of halogens is 2. The second-order valence-corrected chi connectivity index (χ2v) is 13.1. The summed E-state index contributed by atoms with van der Waals surface area (Å²) in [5, 5.41) is 4.87. The molecule has 0 aliphatic heterocycles. The van der Waals surface area contributed by atoms with E-state index in [2.05, 4.69) is 109 Å². The summed E-state index contributed by atoms with van der Waals surface area (Å²) in [5.41, 5.74) is 0. The van der Waals surface area contributed by atoms with Crippen LogP contribution in [0.2, 0.25) is 0 Å². The molecule has 2 atom stereocenters. The standard InChI is InChI=1S/C27H24Cl2P2/c28-26(21-30(22-13-5-1-6-14-22)23-15-7-2-8-16-23)27(29)31(24-17-9-3-10-18-24)25-19-11-4-12-20-25/h1-20,26-27H,21H2. The van der Waals surface area contributed by atoms with E-state index >= 15 is 0 Å². The van der Waals surface area contributed by atoms with Gasteiger partial charge in [0, 0.05) is 0 Å². The maximum atomic E-state index is 7.19. The molecular weight excluding hydrogens is 457 g/mol. The van der Waals surface area contributed by atoms with Gasteiger partial charge in [-0.2, -0.15) is 0 Å². The van der Waals surface area contributed by atoms with E-state index in [4.69, 9.17) is 23.2 Å². The van der Waals surface area contributed by atoms with Crippen LogP contribution in [-0.2, 0) is 0 Å². The van der Waals surface area contributed by atoms with E-state index in [1.807, 2.05) is 12.1 Å². The summed E-state index contributed by atoms with van der Waals surface area (Å²) in [4.78, 5) is 0. The number of benzene rings is 4. The predicted molar refractivity (Wildman–Crippen MR) is 142 cm³/mol. The lowest BCUT2D eigenvalue weighted by Crippen LogP contribution is -2.29. The Bertz CT molecular complexity index is 965. The Labute approximate surface area is 197 Å². The van der Waals surface area contributed by atoms with Crippen LogP contribution in [0.5, 0.6) is 0 Å². The second kappa shape index (κ2) is 11.3. The summed E-state index contributed by atoms with van der Waals surface area (Å²) in [7, 11) is -1.37. The fourth-order valence-corrected chi connectivity index (χ4v) is 10.0. The molecule has 0 bridgehead atoms. The quantitative estimate of drug-likeness (QED) is 0.201. The van der Waals surface area contributed by atoms with Crippen LogP contribution in [0, 0.1) is 0 Å². The first kappa shape index (κ1) is 22.5. The van der Waals surface area contributed by atoms with Crippen LogP contribution in [0.15, 0.2) is 121 Å².